The Kier molecular flexibility index (Phi) is 2.69. The van der Waals surface area contributed by atoms with Gasteiger partial charge in [-0.15, -0.1) is 0 Å². The number of fused-ring (bicyclic) bond motifs is 2. The van der Waals surface area contributed by atoms with Gasteiger partial charge in [-0.1, -0.05) is 24.3 Å². The second-order valence-electron chi connectivity index (χ2n) is 5.93. The smallest absolute Gasteiger partial charge is 0.108 e. The Bertz CT molecular complexity index is 636. The molecule has 2 aliphatic heterocycles. The van der Waals surface area contributed by atoms with Gasteiger partial charge in [-0.25, -0.2) is 0 Å². The van der Waals surface area contributed by atoms with Crippen LogP contribution in [0.25, 0.3) is 0 Å². The highest BCUT2D eigenvalue weighted by atomic mass is 16.5. The Balaban J connectivity index is 1.55. The van der Waals surface area contributed by atoms with Crippen LogP contribution in [0.2, 0.25) is 0 Å². The van der Waals surface area contributed by atoms with Crippen molar-refractivity contribution in [2.24, 2.45) is 0 Å². The zero-order chi connectivity index (χ0) is 13.6. The van der Waals surface area contributed by atoms with Crippen molar-refractivity contribution in [1.29, 1.82) is 0 Å². The van der Waals surface area contributed by atoms with Gasteiger partial charge in [0.2, 0.25) is 0 Å². The van der Waals surface area contributed by atoms with Gasteiger partial charge in [-0.05, 0) is 30.0 Å². The standard InChI is InChI=1S/C16H19N3O/c1-12-8-17-18-15(12)9-19-7-6-16(11-19)14-5-3-2-4-13(14)10-20-16/h2-5,8H,6-7,9-11H2,1H3,(H,17,18). The van der Waals surface area contributed by atoms with Gasteiger partial charge in [0.1, 0.15) is 5.60 Å². The predicted molar refractivity (Wildman–Crippen MR) is 76.1 cm³/mol. The van der Waals surface area contributed by atoms with Gasteiger partial charge in [0.25, 0.3) is 0 Å². The van der Waals surface area contributed by atoms with Crippen LogP contribution in [0.5, 0.6) is 0 Å². The van der Waals surface area contributed by atoms with E-state index in [9.17, 15) is 0 Å². The quantitative estimate of drug-likeness (QED) is 0.910. The number of benzene rings is 1. The lowest BCUT2D eigenvalue weighted by Gasteiger charge is -2.24. The molecule has 1 fully saturated rings. The van der Waals surface area contributed by atoms with Gasteiger partial charge in [0.15, 0.2) is 0 Å². The molecule has 1 spiro atoms. The average molecular weight is 269 g/mol. The van der Waals surface area contributed by atoms with Crippen LogP contribution < -0.4 is 0 Å². The lowest BCUT2D eigenvalue weighted by Crippen LogP contribution is -2.30. The number of hydrogen-bond acceptors (Lipinski definition) is 3. The SMILES string of the molecule is Cc1cn[nH]c1CN1CCC2(C1)OCc1ccccc12. The van der Waals surface area contributed by atoms with E-state index in [1.165, 1.54) is 22.4 Å². The van der Waals surface area contributed by atoms with Crippen LogP contribution in [0.15, 0.2) is 30.5 Å². The van der Waals surface area contributed by atoms with Gasteiger partial charge in [0.05, 0.1) is 18.5 Å². The summed E-state index contributed by atoms with van der Waals surface area (Å²) in [5, 5.41) is 7.20. The maximum Gasteiger partial charge on any atom is 0.108 e. The van der Waals surface area contributed by atoms with Crippen molar-refractivity contribution in [3.05, 3.63) is 52.8 Å². The Hall–Kier alpha value is -1.65. The number of aromatic nitrogens is 2. The first-order chi connectivity index (χ1) is 9.77. The Morgan fingerprint density at radius 1 is 1.40 bits per heavy atom. The van der Waals surface area contributed by atoms with E-state index in [-0.39, 0.29) is 5.60 Å². The zero-order valence-electron chi connectivity index (χ0n) is 11.7. The molecule has 2 aliphatic rings. The van der Waals surface area contributed by atoms with Gasteiger partial charge in [-0.2, -0.15) is 5.10 Å². The normalized spacial score (nSPS) is 25.4. The number of rotatable bonds is 2. The van der Waals surface area contributed by atoms with Gasteiger partial charge in [0, 0.05) is 19.6 Å². The van der Waals surface area contributed by atoms with Crippen molar-refractivity contribution < 1.29 is 4.74 Å². The molecule has 20 heavy (non-hydrogen) atoms. The lowest BCUT2D eigenvalue weighted by molar-refractivity contribution is -0.0299. The molecular formula is C16H19N3O. The summed E-state index contributed by atoms with van der Waals surface area (Å²) in [6, 6.07) is 8.64. The van der Waals surface area contributed by atoms with E-state index in [0.29, 0.717) is 0 Å². The van der Waals surface area contributed by atoms with E-state index in [1.54, 1.807) is 0 Å². The first-order valence-corrected chi connectivity index (χ1v) is 7.20. The zero-order valence-corrected chi connectivity index (χ0v) is 11.7. The first kappa shape index (κ1) is 12.1. The lowest BCUT2D eigenvalue weighted by atomic mass is 9.92. The molecule has 1 aromatic carbocycles. The molecule has 4 nitrogen and oxygen atoms in total. The minimum atomic E-state index is -0.0788. The Morgan fingerprint density at radius 2 is 2.30 bits per heavy atom. The van der Waals surface area contributed by atoms with E-state index in [2.05, 4.69) is 46.3 Å². The molecule has 1 saturated heterocycles. The predicted octanol–water partition coefficient (Wildman–Crippen LogP) is 2.35. The molecule has 0 radical (unpaired) electrons. The highest BCUT2D eigenvalue weighted by Gasteiger charge is 2.45. The first-order valence-electron chi connectivity index (χ1n) is 7.20. The van der Waals surface area contributed by atoms with Crippen molar-refractivity contribution in [3.8, 4) is 0 Å². The highest BCUT2D eigenvalue weighted by molar-refractivity contribution is 5.36. The topological polar surface area (TPSA) is 41.2 Å². The van der Waals surface area contributed by atoms with Crippen LogP contribution in [-0.2, 0) is 23.5 Å². The Labute approximate surface area is 118 Å². The number of aromatic amines is 1. The van der Waals surface area contributed by atoms with Crippen LogP contribution in [0, 0.1) is 6.92 Å². The maximum atomic E-state index is 6.18. The summed E-state index contributed by atoms with van der Waals surface area (Å²) in [6.45, 7) is 5.84. The minimum Gasteiger partial charge on any atom is -0.364 e. The third kappa shape index (κ3) is 1.79. The number of nitrogens with one attached hydrogen (secondary N) is 1. The summed E-state index contributed by atoms with van der Waals surface area (Å²) in [6.07, 6.45) is 2.97. The number of nitrogens with zero attached hydrogens (tertiary/aromatic N) is 2. The van der Waals surface area contributed by atoms with Crippen molar-refractivity contribution in [1.82, 2.24) is 15.1 Å². The van der Waals surface area contributed by atoms with Crippen LogP contribution in [0.3, 0.4) is 0 Å². The Morgan fingerprint density at radius 3 is 3.15 bits per heavy atom. The third-order valence-electron chi connectivity index (χ3n) is 4.64. The van der Waals surface area contributed by atoms with E-state index in [4.69, 9.17) is 4.74 Å². The molecule has 1 aromatic heterocycles. The molecule has 2 aromatic rings. The van der Waals surface area contributed by atoms with Crippen LogP contribution >= 0.6 is 0 Å². The molecule has 1 atom stereocenters. The number of aryl methyl sites for hydroxylation is 1. The van der Waals surface area contributed by atoms with Crippen LogP contribution in [-0.4, -0.2) is 28.2 Å². The minimum absolute atomic E-state index is 0.0788. The fourth-order valence-corrected chi connectivity index (χ4v) is 3.47. The summed E-state index contributed by atoms with van der Waals surface area (Å²) in [5.74, 6) is 0. The van der Waals surface area contributed by atoms with Crippen molar-refractivity contribution in [2.75, 3.05) is 13.1 Å². The molecule has 1 N–H and O–H groups in total. The van der Waals surface area contributed by atoms with Crippen LogP contribution in [0.4, 0.5) is 0 Å². The molecule has 3 heterocycles. The van der Waals surface area contributed by atoms with E-state index in [1.807, 2.05) is 6.20 Å². The highest BCUT2D eigenvalue weighted by Crippen LogP contribution is 2.43. The van der Waals surface area contributed by atoms with E-state index < -0.39 is 0 Å². The number of likely N-dealkylation sites (tertiary alicyclic amines) is 1. The summed E-state index contributed by atoms with van der Waals surface area (Å²) < 4.78 is 6.18. The maximum absolute atomic E-state index is 6.18. The summed E-state index contributed by atoms with van der Waals surface area (Å²) >= 11 is 0. The van der Waals surface area contributed by atoms with Gasteiger partial charge in [-0.3, -0.25) is 10.00 Å². The molecule has 0 aliphatic carbocycles. The molecule has 1 unspecified atom stereocenters. The molecule has 4 heteroatoms. The van der Waals surface area contributed by atoms with Gasteiger partial charge < -0.3 is 4.74 Å². The molecule has 0 saturated carbocycles. The fourth-order valence-electron chi connectivity index (χ4n) is 3.47. The van der Waals surface area contributed by atoms with E-state index >= 15 is 0 Å². The van der Waals surface area contributed by atoms with Gasteiger partial charge >= 0.3 is 0 Å². The molecule has 4 rings (SSSR count). The summed E-state index contributed by atoms with van der Waals surface area (Å²) in [5.41, 5.74) is 5.12. The third-order valence-corrected chi connectivity index (χ3v) is 4.64. The fraction of sp³-hybridized carbons (Fsp3) is 0.438. The van der Waals surface area contributed by atoms with Crippen LogP contribution in [0.1, 0.15) is 28.8 Å². The van der Waals surface area contributed by atoms with Crippen molar-refractivity contribution >= 4 is 0 Å². The average Bonchev–Trinajstić information content (AvgIpc) is 3.15. The number of H-pyrrole nitrogens is 1. The van der Waals surface area contributed by atoms with Crippen molar-refractivity contribution in [2.45, 2.75) is 32.1 Å². The molecule has 0 amide bonds. The number of ether oxygens (including phenoxy) is 1. The largest absolute Gasteiger partial charge is 0.364 e. The number of hydrogen-bond donors (Lipinski definition) is 1. The monoisotopic (exact) mass is 269 g/mol. The molecule has 0 bridgehead atoms. The molecular weight excluding hydrogens is 250 g/mol. The molecule has 104 valence electrons. The summed E-state index contributed by atoms with van der Waals surface area (Å²) in [7, 11) is 0. The van der Waals surface area contributed by atoms with Crippen molar-refractivity contribution in [3.63, 3.8) is 0 Å². The second-order valence-corrected chi connectivity index (χ2v) is 5.93. The summed E-state index contributed by atoms with van der Waals surface area (Å²) in [4.78, 5) is 2.46. The second kappa shape index (κ2) is 4.43. The van der Waals surface area contributed by atoms with E-state index in [0.717, 1.165) is 32.7 Å².